The Labute approximate surface area is 119 Å². The standard InChI is InChI=1S/C17H19NO2/c1-3-16(19)13-8-9-17(15(18)10-13)20-11-14-7-5-4-6-12(14)2/h4-10H,3,11,18H2,1-2H3. The summed E-state index contributed by atoms with van der Waals surface area (Å²) >= 11 is 0. The summed E-state index contributed by atoms with van der Waals surface area (Å²) in [6.07, 6.45) is 0.475. The van der Waals surface area contributed by atoms with Crippen LogP contribution < -0.4 is 10.5 Å². The van der Waals surface area contributed by atoms with E-state index in [1.54, 1.807) is 18.2 Å². The van der Waals surface area contributed by atoms with Crippen LogP contribution in [0, 0.1) is 6.92 Å². The van der Waals surface area contributed by atoms with E-state index in [4.69, 9.17) is 10.5 Å². The molecule has 20 heavy (non-hydrogen) atoms. The highest BCUT2D eigenvalue weighted by atomic mass is 16.5. The number of hydrogen-bond acceptors (Lipinski definition) is 3. The molecule has 0 heterocycles. The average Bonchev–Trinajstić information content (AvgIpc) is 2.46. The van der Waals surface area contributed by atoms with E-state index in [2.05, 4.69) is 0 Å². The Hall–Kier alpha value is -2.29. The van der Waals surface area contributed by atoms with Crippen molar-refractivity contribution in [2.24, 2.45) is 0 Å². The number of hydrogen-bond donors (Lipinski definition) is 1. The van der Waals surface area contributed by atoms with Crippen LogP contribution in [0.1, 0.15) is 34.8 Å². The lowest BCUT2D eigenvalue weighted by Crippen LogP contribution is -2.03. The molecule has 0 aromatic heterocycles. The number of nitrogens with two attached hydrogens (primary N) is 1. The summed E-state index contributed by atoms with van der Waals surface area (Å²) in [5.74, 6) is 0.697. The van der Waals surface area contributed by atoms with Crippen molar-refractivity contribution in [3.63, 3.8) is 0 Å². The lowest BCUT2D eigenvalue weighted by molar-refractivity contribution is 0.0988. The van der Waals surface area contributed by atoms with Crippen molar-refractivity contribution in [1.82, 2.24) is 0 Å². The Morgan fingerprint density at radius 1 is 1.20 bits per heavy atom. The normalized spacial score (nSPS) is 10.3. The Morgan fingerprint density at radius 2 is 1.95 bits per heavy atom. The third-order valence-electron chi connectivity index (χ3n) is 3.30. The van der Waals surface area contributed by atoms with Gasteiger partial charge in [-0.3, -0.25) is 4.79 Å². The van der Waals surface area contributed by atoms with Crippen molar-refractivity contribution < 1.29 is 9.53 Å². The summed E-state index contributed by atoms with van der Waals surface area (Å²) in [5, 5.41) is 0. The summed E-state index contributed by atoms with van der Waals surface area (Å²) in [7, 11) is 0. The molecular formula is C17H19NO2. The second kappa shape index (κ2) is 6.24. The van der Waals surface area contributed by atoms with Gasteiger partial charge < -0.3 is 10.5 Å². The SMILES string of the molecule is CCC(=O)c1ccc(OCc2ccccc2C)c(N)c1. The van der Waals surface area contributed by atoms with E-state index in [-0.39, 0.29) is 5.78 Å². The van der Waals surface area contributed by atoms with E-state index in [9.17, 15) is 4.79 Å². The predicted molar refractivity (Wildman–Crippen MR) is 81.0 cm³/mol. The quantitative estimate of drug-likeness (QED) is 0.664. The zero-order chi connectivity index (χ0) is 14.5. The molecule has 0 fully saturated rings. The molecule has 2 aromatic carbocycles. The van der Waals surface area contributed by atoms with Crippen LogP contribution in [0.2, 0.25) is 0 Å². The topological polar surface area (TPSA) is 52.3 Å². The van der Waals surface area contributed by atoms with Gasteiger partial charge in [0.05, 0.1) is 5.69 Å². The first-order chi connectivity index (χ1) is 9.61. The zero-order valence-corrected chi connectivity index (χ0v) is 11.8. The zero-order valence-electron chi connectivity index (χ0n) is 11.8. The molecule has 3 nitrogen and oxygen atoms in total. The summed E-state index contributed by atoms with van der Waals surface area (Å²) in [5.41, 5.74) is 9.38. The maximum atomic E-state index is 11.6. The minimum atomic E-state index is 0.0853. The van der Waals surface area contributed by atoms with Gasteiger partial charge in [-0.15, -0.1) is 0 Å². The molecule has 0 aliphatic carbocycles. The number of carbonyl (C=O) groups excluding carboxylic acids is 1. The van der Waals surface area contributed by atoms with Crippen molar-refractivity contribution in [1.29, 1.82) is 0 Å². The average molecular weight is 269 g/mol. The number of rotatable bonds is 5. The highest BCUT2D eigenvalue weighted by molar-refractivity contribution is 5.97. The molecule has 0 spiro atoms. The van der Waals surface area contributed by atoms with Crippen LogP contribution >= 0.6 is 0 Å². The number of ketones is 1. The van der Waals surface area contributed by atoms with Gasteiger partial charge >= 0.3 is 0 Å². The molecule has 0 aliphatic rings. The monoisotopic (exact) mass is 269 g/mol. The smallest absolute Gasteiger partial charge is 0.162 e. The van der Waals surface area contributed by atoms with Crippen LogP contribution in [0.5, 0.6) is 5.75 Å². The van der Waals surface area contributed by atoms with Gasteiger partial charge in [-0.25, -0.2) is 0 Å². The van der Waals surface area contributed by atoms with E-state index in [1.165, 1.54) is 5.56 Å². The Morgan fingerprint density at radius 3 is 2.60 bits per heavy atom. The number of benzene rings is 2. The predicted octanol–water partition coefficient (Wildman–Crippen LogP) is 3.75. The van der Waals surface area contributed by atoms with Gasteiger partial charge in [0.1, 0.15) is 12.4 Å². The first kappa shape index (κ1) is 14.1. The molecule has 0 saturated carbocycles. The van der Waals surface area contributed by atoms with Crippen LogP contribution in [0.15, 0.2) is 42.5 Å². The molecule has 0 unspecified atom stereocenters. The van der Waals surface area contributed by atoms with Crippen molar-refractivity contribution in [3.05, 3.63) is 59.2 Å². The lowest BCUT2D eigenvalue weighted by Gasteiger charge is -2.11. The van der Waals surface area contributed by atoms with Gasteiger partial charge in [0, 0.05) is 12.0 Å². The minimum absolute atomic E-state index is 0.0853. The lowest BCUT2D eigenvalue weighted by atomic mass is 10.1. The third-order valence-corrected chi connectivity index (χ3v) is 3.30. The summed E-state index contributed by atoms with van der Waals surface area (Å²) < 4.78 is 5.74. The van der Waals surface area contributed by atoms with E-state index >= 15 is 0 Å². The molecule has 2 aromatic rings. The van der Waals surface area contributed by atoms with Crippen LogP contribution in [-0.2, 0) is 6.61 Å². The highest BCUT2D eigenvalue weighted by Crippen LogP contribution is 2.24. The number of ether oxygens (including phenoxy) is 1. The Bertz CT molecular complexity index is 620. The second-order valence-corrected chi connectivity index (χ2v) is 4.74. The number of aryl methyl sites for hydroxylation is 1. The van der Waals surface area contributed by atoms with Crippen molar-refractivity contribution in [2.45, 2.75) is 26.9 Å². The van der Waals surface area contributed by atoms with Gasteiger partial charge in [0.2, 0.25) is 0 Å². The molecule has 0 bridgehead atoms. The number of Topliss-reactive ketones (excluding diaryl/α,β-unsaturated/α-hetero) is 1. The highest BCUT2D eigenvalue weighted by Gasteiger charge is 2.07. The maximum absolute atomic E-state index is 11.6. The van der Waals surface area contributed by atoms with Gasteiger partial charge in [-0.1, -0.05) is 31.2 Å². The van der Waals surface area contributed by atoms with Crippen LogP contribution in [0.4, 0.5) is 5.69 Å². The van der Waals surface area contributed by atoms with Gasteiger partial charge in [-0.05, 0) is 36.2 Å². The molecule has 2 N–H and O–H groups in total. The van der Waals surface area contributed by atoms with E-state index in [0.29, 0.717) is 30.0 Å². The third kappa shape index (κ3) is 3.18. The Balaban J connectivity index is 2.11. The van der Waals surface area contributed by atoms with Crippen molar-refractivity contribution >= 4 is 11.5 Å². The number of nitrogen functional groups attached to an aromatic ring is 1. The molecule has 104 valence electrons. The fourth-order valence-corrected chi connectivity index (χ4v) is 1.99. The molecule has 0 saturated heterocycles. The molecule has 2 rings (SSSR count). The van der Waals surface area contributed by atoms with Gasteiger partial charge in [-0.2, -0.15) is 0 Å². The van der Waals surface area contributed by atoms with E-state index < -0.39 is 0 Å². The van der Waals surface area contributed by atoms with Crippen LogP contribution in [-0.4, -0.2) is 5.78 Å². The molecular weight excluding hydrogens is 250 g/mol. The number of carbonyl (C=O) groups is 1. The molecule has 0 aliphatic heterocycles. The van der Waals surface area contributed by atoms with Gasteiger partial charge in [0.15, 0.2) is 5.78 Å². The minimum Gasteiger partial charge on any atom is -0.487 e. The first-order valence-electron chi connectivity index (χ1n) is 6.72. The van der Waals surface area contributed by atoms with E-state index in [0.717, 1.165) is 5.56 Å². The first-order valence-corrected chi connectivity index (χ1v) is 6.72. The Kier molecular flexibility index (Phi) is 4.41. The van der Waals surface area contributed by atoms with Crippen molar-refractivity contribution in [2.75, 3.05) is 5.73 Å². The fourth-order valence-electron chi connectivity index (χ4n) is 1.99. The maximum Gasteiger partial charge on any atom is 0.162 e. The molecule has 0 amide bonds. The fraction of sp³-hybridized carbons (Fsp3) is 0.235. The number of anilines is 1. The molecule has 0 radical (unpaired) electrons. The summed E-state index contributed by atoms with van der Waals surface area (Å²) in [6.45, 7) is 4.35. The molecule has 3 heteroatoms. The van der Waals surface area contributed by atoms with E-state index in [1.807, 2.05) is 38.1 Å². The summed E-state index contributed by atoms with van der Waals surface area (Å²) in [6, 6.07) is 13.3. The van der Waals surface area contributed by atoms with Crippen molar-refractivity contribution in [3.8, 4) is 5.75 Å². The van der Waals surface area contributed by atoms with Crippen LogP contribution in [0.25, 0.3) is 0 Å². The van der Waals surface area contributed by atoms with Gasteiger partial charge in [0.25, 0.3) is 0 Å². The summed E-state index contributed by atoms with van der Waals surface area (Å²) in [4.78, 5) is 11.6. The molecule has 0 atom stereocenters. The second-order valence-electron chi connectivity index (χ2n) is 4.74. The van der Waals surface area contributed by atoms with Crippen LogP contribution in [0.3, 0.4) is 0 Å². The largest absolute Gasteiger partial charge is 0.487 e.